The maximum Gasteiger partial charge on any atom is 0.321 e. The molecule has 1 aromatic carbocycles. The summed E-state index contributed by atoms with van der Waals surface area (Å²) in [5.41, 5.74) is 1.51. The van der Waals surface area contributed by atoms with Crippen LogP contribution in [0.5, 0.6) is 5.75 Å². The number of methoxy groups -OCH3 is 1. The van der Waals surface area contributed by atoms with Gasteiger partial charge >= 0.3 is 6.03 Å². The molecule has 0 atom stereocenters. The SMILES string of the molecule is COc1ccc(NC(=O)N2CCN(c3ccncc3)CC2)cc1F. The van der Waals surface area contributed by atoms with Crippen molar-refractivity contribution in [2.75, 3.05) is 43.5 Å². The average molecular weight is 330 g/mol. The number of halogens is 1. The molecule has 1 fully saturated rings. The number of nitrogens with zero attached hydrogens (tertiary/aromatic N) is 3. The quantitative estimate of drug-likeness (QED) is 0.940. The maximum absolute atomic E-state index is 13.7. The molecule has 1 saturated heterocycles. The Morgan fingerprint density at radius 1 is 1.17 bits per heavy atom. The van der Waals surface area contributed by atoms with Crippen LogP contribution < -0.4 is 15.0 Å². The molecule has 0 spiro atoms. The van der Waals surface area contributed by atoms with E-state index >= 15 is 0 Å². The van der Waals surface area contributed by atoms with Crippen molar-refractivity contribution in [3.8, 4) is 5.75 Å². The van der Waals surface area contributed by atoms with Crippen LogP contribution in [0.15, 0.2) is 42.7 Å². The molecule has 2 heterocycles. The number of rotatable bonds is 3. The second-order valence-corrected chi connectivity index (χ2v) is 5.46. The van der Waals surface area contributed by atoms with Crippen LogP contribution in [-0.4, -0.2) is 49.2 Å². The van der Waals surface area contributed by atoms with E-state index in [9.17, 15) is 9.18 Å². The first-order valence-corrected chi connectivity index (χ1v) is 7.72. The largest absolute Gasteiger partial charge is 0.494 e. The number of carbonyl (C=O) groups excluding carboxylic acids is 1. The zero-order valence-electron chi connectivity index (χ0n) is 13.4. The van der Waals surface area contributed by atoms with Crippen LogP contribution >= 0.6 is 0 Å². The predicted octanol–water partition coefficient (Wildman–Crippen LogP) is 2.58. The van der Waals surface area contributed by atoms with Crippen LogP contribution in [0.25, 0.3) is 0 Å². The molecular formula is C17H19FN4O2. The van der Waals surface area contributed by atoms with E-state index in [1.54, 1.807) is 23.4 Å². The smallest absolute Gasteiger partial charge is 0.321 e. The molecule has 0 saturated carbocycles. The minimum atomic E-state index is -0.502. The van der Waals surface area contributed by atoms with E-state index in [-0.39, 0.29) is 11.8 Å². The lowest BCUT2D eigenvalue weighted by atomic mass is 10.2. The first kappa shape index (κ1) is 16.0. The van der Waals surface area contributed by atoms with Crippen LogP contribution in [0, 0.1) is 5.82 Å². The summed E-state index contributed by atoms with van der Waals surface area (Å²) in [7, 11) is 1.40. The van der Waals surface area contributed by atoms with Gasteiger partial charge in [0.05, 0.1) is 7.11 Å². The molecule has 0 radical (unpaired) electrons. The normalized spacial score (nSPS) is 14.4. The Morgan fingerprint density at radius 2 is 1.88 bits per heavy atom. The average Bonchev–Trinajstić information content (AvgIpc) is 2.63. The third-order valence-electron chi connectivity index (χ3n) is 4.00. The van der Waals surface area contributed by atoms with Crippen molar-refractivity contribution in [3.63, 3.8) is 0 Å². The lowest BCUT2D eigenvalue weighted by molar-refractivity contribution is 0.208. The van der Waals surface area contributed by atoms with Crippen molar-refractivity contribution >= 4 is 17.4 Å². The monoisotopic (exact) mass is 330 g/mol. The van der Waals surface area contributed by atoms with Crippen LogP contribution in [0.1, 0.15) is 0 Å². The fourth-order valence-electron chi connectivity index (χ4n) is 2.67. The summed E-state index contributed by atoms with van der Waals surface area (Å²) in [5.74, 6) is -0.350. The highest BCUT2D eigenvalue weighted by molar-refractivity contribution is 5.89. The van der Waals surface area contributed by atoms with Gasteiger partial charge < -0.3 is 19.9 Å². The van der Waals surface area contributed by atoms with Crippen molar-refractivity contribution in [2.24, 2.45) is 0 Å². The molecule has 7 heteroatoms. The fourth-order valence-corrected chi connectivity index (χ4v) is 2.67. The molecule has 6 nitrogen and oxygen atoms in total. The molecule has 2 aromatic rings. The molecule has 0 bridgehead atoms. The number of ether oxygens (including phenoxy) is 1. The summed E-state index contributed by atoms with van der Waals surface area (Å²) < 4.78 is 18.5. The van der Waals surface area contributed by atoms with E-state index < -0.39 is 5.82 Å². The molecule has 3 rings (SSSR count). The number of anilines is 2. The first-order chi connectivity index (χ1) is 11.7. The summed E-state index contributed by atoms with van der Waals surface area (Å²) in [6.07, 6.45) is 3.51. The van der Waals surface area contributed by atoms with Gasteiger partial charge in [-0.3, -0.25) is 4.98 Å². The zero-order chi connectivity index (χ0) is 16.9. The third-order valence-corrected chi connectivity index (χ3v) is 4.00. The maximum atomic E-state index is 13.7. The topological polar surface area (TPSA) is 57.7 Å². The van der Waals surface area contributed by atoms with Crippen molar-refractivity contribution in [1.82, 2.24) is 9.88 Å². The number of aromatic nitrogens is 1. The van der Waals surface area contributed by atoms with Gasteiger partial charge in [-0.25, -0.2) is 9.18 Å². The van der Waals surface area contributed by atoms with Gasteiger partial charge in [-0.2, -0.15) is 0 Å². The number of urea groups is 1. The van der Waals surface area contributed by atoms with Crippen molar-refractivity contribution in [1.29, 1.82) is 0 Å². The standard InChI is InChI=1S/C17H19FN4O2/c1-24-16-3-2-13(12-15(16)18)20-17(23)22-10-8-21(9-11-22)14-4-6-19-7-5-14/h2-7,12H,8-11H2,1H3,(H,20,23). The molecule has 1 aliphatic rings. The third kappa shape index (κ3) is 3.56. The molecule has 24 heavy (non-hydrogen) atoms. The first-order valence-electron chi connectivity index (χ1n) is 7.72. The van der Waals surface area contributed by atoms with E-state index in [1.165, 1.54) is 19.2 Å². The van der Waals surface area contributed by atoms with Gasteiger partial charge in [-0.15, -0.1) is 0 Å². The molecular weight excluding hydrogens is 311 g/mol. The number of piperazine rings is 1. The van der Waals surface area contributed by atoms with E-state index in [1.807, 2.05) is 12.1 Å². The van der Waals surface area contributed by atoms with Crippen LogP contribution in [0.4, 0.5) is 20.6 Å². The Labute approximate surface area is 139 Å². The van der Waals surface area contributed by atoms with Gasteiger partial charge in [0, 0.05) is 56.0 Å². The highest BCUT2D eigenvalue weighted by Gasteiger charge is 2.21. The van der Waals surface area contributed by atoms with Gasteiger partial charge in [0.1, 0.15) is 0 Å². The molecule has 126 valence electrons. The summed E-state index contributed by atoms with van der Waals surface area (Å²) in [4.78, 5) is 20.2. The molecule has 1 aromatic heterocycles. The summed E-state index contributed by atoms with van der Waals surface area (Å²) in [6, 6.07) is 8.05. The lowest BCUT2D eigenvalue weighted by Crippen LogP contribution is -2.50. The van der Waals surface area contributed by atoms with E-state index in [0.29, 0.717) is 18.8 Å². The Balaban J connectivity index is 1.56. The second kappa shape index (κ2) is 7.16. The highest BCUT2D eigenvalue weighted by atomic mass is 19.1. The highest BCUT2D eigenvalue weighted by Crippen LogP contribution is 2.21. The van der Waals surface area contributed by atoms with Crippen LogP contribution in [0.2, 0.25) is 0 Å². The molecule has 1 aliphatic heterocycles. The number of nitrogens with one attached hydrogen (secondary N) is 1. The molecule has 0 unspecified atom stereocenters. The minimum absolute atomic E-state index is 0.152. The van der Waals surface area contributed by atoms with E-state index in [4.69, 9.17) is 4.74 Å². The number of benzene rings is 1. The number of hydrogen-bond acceptors (Lipinski definition) is 4. The van der Waals surface area contributed by atoms with Crippen molar-refractivity contribution in [2.45, 2.75) is 0 Å². The van der Waals surface area contributed by atoms with Crippen LogP contribution in [-0.2, 0) is 0 Å². The molecule has 1 N–H and O–H groups in total. The fraction of sp³-hybridized carbons (Fsp3) is 0.294. The van der Waals surface area contributed by atoms with Gasteiger partial charge in [-0.05, 0) is 24.3 Å². The predicted molar refractivity (Wildman–Crippen MR) is 90.0 cm³/mol. The van der Waals surface area contributed by atoms with Crippen molar-refractivity contribution in [3.05, 3.63) is 48.5 Å². The summed E-state index contributed by atoms with van der Waals surface area (Å²) >= 11 is 0. The number of pyridine rings is 1. The Bertz CT molecular complexity index is 703. The Kier molecular flexibility index (Phi) is 4.79. The number of amides is 2. The van der Waals surface area contributed by atoms with Crippen molar-refractivity contribution < 1.29 is 13.9 Å². The van der Waals surface area contributed by atoms with Gasteiger partial charge in [0.2, 0.25) is 0 Å². The van der Waals surface area contributed by atoms with E-state index in [0.717, 1.165) is 18.8 Å². The summed E-state index contributed by atoms with van der Waals surface area (Å²) in [6.45, 7) is 2.70. The van der Waals surface area contributed by atoms with Crippen LogP contribution in [0.3, 0.4) is 0 Å². The molecule has 2 amide bonds. The molecule has 0 aliphatic carbocycles. The van der Waals surface area contributed by atoms with Gasteiger partial charge in [-0.1, -0.05) is 0 Å². The number of carbonyl (C=O) groups is 1. The number of hydrogen-bond donors (Lipinski definition) is 1. The zero-order valence-corrected chi connectivity index (χ0v) is 13.4. The Morgan fingerprint density at radius 3 is 2.50 bits per heavy atom. The second-order valence-electron chi connectivity index (χ2n) is 5.46. The van der Waals surface area contributed by atoms with Gasteiger partial charge in [0.25, 0.3) is 0 Å². The lowest BCUT2D eigenvalue weighted by Gasteiger charge is -2.36. The van der Waals surface area contributed by atoms with E-state index in [2.05, 4.69) is 15.2 Å². The van der Waals surface area contributed by atoms with Gasteiger partial charge in [0.15, 0.2) is 11.6 Å². The summed E-state index contributed by atoms with van der Waals surface area (Å²) in [5, 5.41) is 2.72. The minimum Gasteiger partial charge on any atom is -0.494 e. The Hall–Kier alpha value is -2.83.